The van der Waals surface area contributed by atoms with E-state index in [0.29, 0.717) is 28.7 Å². The standard InChI is InChI=1S/C13H16Cl2N2O2/c14-9-4-3-8(7-10(9)15)12(18)11(16)13(19)17-5-1-2-6-17/h3-4,7,11-12,18H,1-2,5-6,16H2/t11?,12-/m0/s1. The van der Waals surface area contributed by atoms with Gasteiger partial charge in [-0.25, -0.2) is 0 Å². The lowest BCUT2D eigenvalue weighted by Crippen LogP contribution is -2.45. The predicted octanol–water partition coefficient (Wildman–Crippen LogP) is 1.98. The summed E-state index contributed by atoms with van der Waals surface area (Å²) in [6.07, 6.45) is 0.894. The number of likely N-dealkylation sites (tertiary alicyclic amines) is 1. The van der Waals surface area contributed by atoms with Crippen molar-refractivity contribution in [1.82, 2.24) is 4.90 Å². The monoisotopic (exact) mass is 302 g/mol. The van der Waals surface area contributed by atoms with Gasteiger partial charge in [-0.05, 0) is 30.5 Å². The van der Waals surface area contributed by atoms with Crippen molar-refractivity contribution in [2.45, 2.75) is 25.0 Å². The third-order valence-electron chi connectivity index (χ3n) is 3.33. The SMILES string of the molecule is NC(C(=O)N1CCCC1)[C@@H](O)c1ccc(Cl)c(Cl)c1. The molecule has 1 heterocycles. The van der Waals surface area contributed by atoms with Crippen LogP contribution in [-0.2, 0) is 4.79 Å². The van der Waals surface area contributed by atoms with Crippen LogP contribution < -0.4 is 5.73 Å². The molecule has 0 bridgehead atoms. The molecule has 104 valence electrons. The van der Waals surface area contributed by atoms with Gasteiger partial charge in [0.25, 0.3) is 0 Å². The smallest absolute Gasteiger partial charge is 0.242 e. The molecule has 19 heavy (non-hydrogen) atoms. The number of carbonyl (C=O) groups excluding carboxylic acids is 1. The van der Waals surface area contributed by atoms with Gasteiger partial charge in [0.05, 0.1) is 10.0 Å². The highest BCUT2D eigenvalue weighted by Gasteiger charge is 2.29. The lowest BCUT2D eigenvalue weighted by Gasteiger charge is -2.24. The zero-order valence-corrected chi connectivity index (χ0v) is 11.9. The summed E-state index contributed by atoms with van der Waals surface area (Å²) in [7, 11) is 0. The van der Waals surface area contributed by atoms with Crippen molar-refractivity contribution in [2.24, 2.45) is 5.73 Å². The summed E-state index contributed by atoms with van der Waals surface area (Å²) in [5.74, 6) is -0.226. The maximum atomic E-state index is 12.1. The molecule has 3 N–H and O–H groups in total. The number of hydrogen-bond acceptors (Lipinski definition) is 3. The first-order chi connectivity index (χ1) is 9.00. The zero-order chi connectivity index (χ0) is 14.0. The van der Waals surface area contributed by atoms with E-state index in [1.54, 1.807) is 17.0 Å². The number of amides is 1. The van der Waals surface area contributed by atoms with Crippen LogP contribution in [0, 0.1) is 0 Å². The Hall–Kier alpha value is -0.810. The third-order valence-corrected chi connectivity index (χ3v) is 4.07. The van der Waals surface area contributed by atoms with Crippen LogP contribution in [0.2, 0.25) is 10.0 Å². The van der Waals surface area contributed by atoms with Crippen LogP contribution in [0.3, 0.4) is 0 Å². The Balaban J connectivity index is 2.11. The van der Waals surface area contributed by atoms with Crippen molar-refractivity contribution >= 4 is 29.1 Å². The predicted molar refractivity (Wildman–Crippen MR) is 75.2 cm³/mol. The molecule has 1 saturated heterocycles. The van der Waals surface area contributed by atoms with Crippen LogP contribution in [0.15, 0.2) is 18.2 Å². The Bertz CT molecular complexity index is 476. The third kappa shape index (κ3) is 3.20. The molecule has 0 aromatic heterocycles. The molecule has 1 fully saturated rings. The van der Waals surface area contributed by atoms with Crippen molar-refractivity contribution < 1.29 is 9.90 Å². The lowest BCUT2D eigenvalue weighted by atomic mass is 10.0. The molecule has 0 aliphatic carbocycles. The van der Waals surface area contributed by atoms with Gasteiger partial charge in [0.15, 0.2) is 0 Å². The lowest BCUT2D eigenvalue weighted by molar-refractivity contribution is -0.134. The van der Waals surface area contributed by atoms with Crippen molar-refractivity contribution in [1.29, 1.82) is 0 Å². The van der Waals surface area contributed by atoms with Crippen LogP contribution in [-0.4, -0.2) is 35.0 Å². The second kappa shape index (κ2) is 6.09. The zero-order valence-electron chi connectivity index (χ0n) is 10.4. The van der Waals surface area contributed by atoms with Crippen molar-refractivity contribution in [3.05, 3.63) is 33.8 Å². The van der Waals surface area contributed by atoms with Gasteiger partial charge >= 0.3 is 0 Å². The van der Waals surface area contributed by atoms with E-state index >= 15 is 0 Å². The molecule has 1 aromatic rings. The van der Waals surface area contributed by atoms with Gasteiger partial charge < -0.3 is 15.7 Å². The summed E-state index contributed by atoms with van der Waals surface area (Å²) >= 11 is 11.7. The number of hydrogen-bond donors (Lipinski definition) is 2. The summed E-state index contributed by atoms with van der Waals surface area (Å²) in [6, 6.07) is 3.76. The Morgan fingerprint density at radius 3 is 2.47 bits per heavy atom. The second-order valence-corrected chi connectivity index (χ2v) is 5.49. The molecule has 1 unspecified atom stereocenters. The van der Waals surface area contributed by atoms with Crippen LogP contribution >= 0.6 is 23.2 Å². The summed E-state index contributed by atoms with van der Waals surface area (Å²) in [6.45, 7) is 1.42. The maximum absolute atomic E-state index is 12.1. The molecule has 2 atom stereocenters. The molecule has 0 spiro atoms. The molecule has 4 nitrogen and oxygen atoms in total. The number of nitrogens with two attached hydrogens (primary N) is 1. The summed E-state index contributed by atoms with van der Waals surface area (Å²) in [4.78, 5) is 13.8. The Kier molecular flexibility index (Phi) is 4.68. The normalized spacial score (nSPS) is 18.4. The minimum absolute atomic E-state index is 0.226. The van der Waals surface area contributed by atoms with Crippen molar-refractivity contribution in [2.75, 3.05) is 13.1 Å². The summed E-state index contributed by atoms with van der Waals surface area (Å²) < 4.78 is 0. The van der Waals surface area contributed by atoms with Crippen LogP contribution in [0.5, 0.6) is 0 Å². The minimum atomic E-state index is -1.08. The first-order valence-electron chi connectivity index (χ1n) is 6.18. The fraction of sp³-hybridized carbons (Fsp3) is 0.462. The molecule has 1 aromatic carbocycles. The van der Waals surface area contributed by atoms with Gasteiger partial charge in [-0.15, -0.1) is 0 Å². The first kappa shape index (κ1) is 14.6. The van der Waals surface area contributed by atoms with E-state index in [-0.39, 0.29) is 5.91 Å². The Morgan fingerprint density at radius 2 is 1.89 bits per heavy atom. The second-order valence-electron chi connectivity index (χ2n) is 4.68. The average Bonchev–Trinajstić information content (AvgIpc) is 2.93. The van der Waals surface area contributed by atoms with Crippen LogP contribution in [0.25, 0.3) is 0 Å². The largest absolute Gasteiger partial charge is 0.386 e. The van der Waals surface area contributed by atoms with E-state index < -0.39 is 12.1 Å². The summed E-state index contributed by atoms with van der Waals surface area (Å²) in [5.41, 5.74) is 6.34. The van der Waals surface area contributed by atoms with E-state index in [4.69, 9.17) is 28.9 Å². The Labute approximate surface area is 122 Å². The number of rotatable bonds is 3. The van der Waals surface area contributed by atoms with Gasteiger partial charge in [0.1, 0.15) is 12.1 Å². The highest BCUT2D eigenvalue weighted by atomic mass is 35.5. The van der Waals surface area contributed by atoms with Crippen LogP contribution in [0.4, 0.5) is 0 Å². The molecule has 1 aliphatic rings. The van der Waals surface area contributed by atoms with Gasteiger partial charge in [-0.3, -0.25) is 4.79 Å². The molecular weight excluding hydrogens is 287 g/mol. The topological polar surface area (TPSA) is 66.6 Å². The first-order valence-corrected chi connectivity index (χ1v) is 6.93. The fourth-order valence-electron chi connectivity index (χ4n) is 2.19. The van der Waals surface area contributed by atoms with E-state index in [1.807, 2.05) is 0 Å². The van der Waals surface area contributed by atoms with E-state index in [0.717, 1.165) is 12.8 Å². The molecular formula is C13H16Cl2N2O2. The Morgan fingerprint density at radius 1 is 1.26 bits per heavy atom. The van der Waals surface area contributed by atoms with Gasteiger partial charge in [0.2, 0.25) is 5.91 Å². The van der Waals surface area contributed by atoms with Gasteiger partial charge in [-0.2, -0.15) is 0 Å². The average molecular weight is 303 g/mol. The molecule has 0 radical (unpaired) electrons. The number of halogens is 2. The van der Waals surface area contributed by atoms with E-state index in [2.05, 4.69) is 0 Å². The van der Waals surface area contributed by atoms with Crippen LogP contribution in [0.1, 0.15) is 24.5 Å². The number of carbonyl (C=O) groups is 1. The van der Waals surface area contributed by atoms with Crippen molar-refractivity contribution in [3.63, 3.8) is 0 Å². The summed E-state index contributed by atoms with van der Waals surface area (Å²) in [5, 5.41) is 10.9. The molecule has 1 amide bonds. The molecule has 1 aliphatic heterocycles. The number of aliphatic hydroxyl groups excluding tert-OH is 1. The molecule has 2 rings (SSSR count). The maximum Gasteiger partial charge on any atom is 0.242 e. The molecule has 0 saturated carbocycles. The number of benzene rings is 1. The van der Waals surface area contributed by atoms with Gasteiger partial charge in [-0.1, -0.05) is 29.3 Å². The number of nitrogens with zero attached hydrogens (tertiary/aromatic N) is 1. The highest BCUT2D eigenvalue weighted by molar-refractivity contribution is 6.42. The minimum Gasteiger partial charge on any atom is -0.386 e. The van der Waals surface area contributed by atoms with Gasteiger partial charge in [0, 0.05) is 13.1 Å². The fourth-order valence-corrected chi connectivity index (χ4v) is 2.49. The molecule has 6 heteroatoms. The van der Waals surface area contributed by atoms with Crippen molar-refractivity contribution in [3.8, 4) is 0 Å². The van der Waals surface area contributed by atoms with E-state index in [1.165, 1.54) is 6.07 Å². The number of aliphatic hydroxyl groups is 1. The quantitative estimate of drug-likeness (QED) is 0.897. The van der Waals surface area contributed by atoms with E-state index in [9.17, 15) is 9.90 Å². The highest BCUT2D eigenvalue weighted by Crippen LogP contribution is 2.27.